The molecule has 0 aliphatic carbocycles. The number of aliphatic hydroxyl groups excluding tert-OH is 1. The van der Waals surface area contributed by atoms with Crippen molar-refractivity contribution in [3.8, 4) is 0 Å². The molecule has 0 aromatic heterocycles. The summed E-state index contributed by atoms with van der Waals surface area (Å²) >= 11 is 0. The first-order valence-corrected chi connectivity index (χ1v) is 4.36. The Hall–Kier alpha value is -0.610. The highest BCUT2D eigenvalue weighted by molar-refractivity contribution is 5.77. The molecule has 1 heterocycles. The summed E-state index contributed by atoms with van der Waals surface area (Å²) < 4.78 is 0. The second-order valence-electron chi connectivity index (χ2n) is 2.91. The average Bonchev–Trinajstić information content (AvgIpc) is 2.43. The molecule has 1 aliphatic rings. The van der Waals surface area contributed by atoms with Gasteiger partial charge in [-0.15, -0.1) is 0 Å². The molecule has 0 spiro atoms. The summed E-state index contributed by atoms with van der Waals surface area (Å²) in [6, 6.07) is 0. The molecule has 1 amide bonds. The average molecular weight is 173 g/mol. The lowest BCUT2D eigenvalue weighted by atomic mass is 10.2. The van der Waals surface area contributed by atoms with Crippen LogP contribution in [0.5, 0.6) is 0 Å². The number of amides is 1. The van der Waals surface area contributed by atoms with E-state index in [0.29, 0.717) is 19.4 Å². The highest BCUT2D eigenvalue weighted by Crippen LogP contribution is 2.17. The van der Waals surface area contributed by atoms with Crippen molar-refractivity contribution in [2.24, 2.45) is 0 Å². The molecular weight excluding hydrogens is 158 g/mol. The first-order chi connectivity index (χ1) is 5.77. The second kappa shape index (κ2) is 4.42. The third-order valence-corrected chi connectivity index (χ3v) is 1.93. The smallest absolute Gasteiger partial charge is 0.248 e. The Morgan fingerprint density at radius 3 is 3.00 bits per heavy atom. The molecule has 4 nitrogen and oxygen atoms in total. The number of carbonyl (C=O) groups excluding carboxylic acids is 1. The number of carbonyl (C=O) groups is 1. The molecule has 1 saturated heterocycles. The Kier molecular flexibility index (Phi) is 3.49. The minimum absolute atomic E-state index is 0.0373. The van der Waals surface area contributed by atoms with E-state index in [1.54, 1.807) is 0 Å². The van der Waals surface area contributed by atoms with Crippen LogP contribution < -0.4 is 0 Å². The lowest BCUT2D eigenvalue weighted by Gasteiger charge is -2.14. The van der Waals surface area contributed by atoms with Gasteiger partial charge in [-0.25, -0.2) is 5.06 Å². The van der Waals surface area contributed by atoms with E-state index >= 15 is 0 Å². The highest BCUT2D eigenvalue weighted by Gasteiger charge is 2.28. The molecule has 1 unspecified atom stereocenters. The molecule has 4 heteroatoms. The van der Waals surface area contributed by atoms with Gasteiger partial charge < -0.3 is 5.11 Å². The zero-order chi connectivity index (χ0) is 8.97. The van der Waals surface area contributed by atoms with Crippen LogP contribution in [0.25, 0.3) is 0 Å². The quantitative estimate of drug-likeness (QED) is 0.665. The first kappa shape index (κ1) is 9.48. The summed E-state index contributed by atoms with van der Waals surface area (Å²) in [5.74, 6) is 0.0373. The van der Waals surface area contributed by atoms with Gasteiger partial charge in [-0.05, 0) is 12.8 Å². The van der Waals surface area contributed by atoms with E-state index in [-0.39, 0.29) is 18.6 Å². The van der Waals surface area contributed by atoms with Crippen molar-refractivity contribution >= 4 is 5.91 Å². The number of hydrogen-bond donors (Lipinski definition) is 1. The van der Waals surface area contributed by atoms with Crippen molar-refractivity contribution in [2.45, 2.75) is 32.3 Å². The van der Waals surface area contributed by atoms with Crippen LogP contribution in [0.2, 0.25) is 0 Å². The Bertz CT molecular complexity index is 160. The van der Waals surface area contributed by atoms with E-state index in [2.05, 4.69) is 0 Å². The number of rotatable bonds is 4. The fraction of sp³-hybridized carbons (Fsp3) is 0.875. The summed E-state index contributed by atoms with van der Waals surface area (Å²) in [4.78, 5) is 16.5. The summed E-state index contributed by atoms with van der Waals surface area (Å²) in [5.41, 5.74) is 0. The summed E-state index contributed by atoms with van der Waals surface area (Å²) in [7, 11) is 0. The van der Waals surface area contributed by atoms with Gasteiger partial charge in [0.25, 0.3) is 0 Å². The molecule has 1 aliphatic heterocycles. The molecule has 0 aromatic rings. The normalized spacial score (nSPS) is 23.7. The monoisotopic (exact) mass is 173 g/mol. The van der Waals surface area contributed by atoms with Gasteiger partial charge in [-0.1, -0.05) is 6.92 Å². The summed E-state index contributed by atoms with van der Waals surface area (Å²) in [6.45, 7) is 2.60. The standard InChI is InChI=1S/C8H15NO3/c1-2-7-6-8(11)9(12-7)4-3-5-10/h7,10H,2-6H2,1H3. The zero-order valence-electron chi connectivity index (χ0n) is 7.32. The zero-order valence-corrected chi connectivity index (χ0v) is 7.32. The summed E-state index contributed by atoms with van der Waals surface area (Å²) in [5, 5.41) is 9.91. The van der Waals surface area contributed by atoms with Crippen LogP contribution in [0.1, 0.15) is 26.2 Å². The minimum atomic E-state index is 0.0373. The van der Waals surface area contributed by atoms with Crippen molar-refractivity contribution in [2.75, 3.05) is 13.2 Å². The van der Waals surface area contributed by atoms with E-state index in [4.69, 9.17) is 9.94 Å². The number of hydrogen-bond acceptors (Lipinski definition) is 3. The van der Waals surface area contributed by atoms with Gasteiger partial charge in [0.1, 0.15) is 0 Å². The minimum Gasteiger partial charge on any atom is -0.396 e. The second-order valence-corrected chi connectivity index (χ2v) is 2.91. The molecule has 0 aromatic carbocycles. The van der Waals surface area contributed by atoms with E-state index in [1.165, 1.54) is 5.06 Å². The van der Waals surface area contributed by atoms with Gasteiger partial charge >= 0.3 is 0 Å². The number of aliphatic hydroxyl groups is 1. The van der Waals surface area contributed by atoms with Crippen LogP contribution in [0.4, 0.5) is 0 Å². The van der Waals surface area contributed by atoms with E-state index in [1.807, 2.05) is 6.92 Å². The fourth-order valence-electron chi connectivity index (χ4n) is 1.18. The van der Waals surface area contributed by atoms with Crippen molar-refractivity contribution in [1.29, 1.82) is 0 Å². The molecule has 1 fully saturated rings. The fourth-order valence-corrected chi connectivity index (χ4v) is 1.18. The highest BCUT2D eigenvalue weighted by atomic mass is 16.7. The first-order valence-electron chi connectivity index (χ1n) is 4.36. The largest absolute Gasteiger partial charge is 0.396 e. The van der Waals surface area contributed by atoms with Crippen LogP contribution >= 0.6 is 0 Å². The molecule has 12 heavy (non-hydrogen) atoms. The number of hydroxylamine groups is 2. The van der Waals surface area contributed by atoms with Crippen LogP contribution in [0.15, 0.2) is 0 Å². The van der Waals surface area contributed by atoms with Gasteiger partial charge in [0.15, 0.2) is 0 Å². The third kappa shape index (κ3) is 2.19. The SMILES string of the molecule is CCC1CC(=O)N(CCCO)O1. The Morgan fingerprint density at radius 2 is 2.50 bits per heavy atom. The molecular formula is C8H15NO3. The maximum atomic E-state index is 11.2. The van der Waals surface area contributed by atoms with Crippen molar-refractivity contribution in [3.05, 3.63) is 0 Å². The molecule has 0 radical (unpaired) electrons. The van der Waals surface area contributed by atoms with E-state index in [0.717, 1.165) is 6.42 Å². The topological polar surface area (TPSA) is 49.8 Å². The van der Waals surface area contributed by atoms with E-state index in [9.17, 15) is 4.79 Å². The molecule has 0 saturated carbocycles. The Labute approximate surface area is 72.1 Å². The molecule has 1 N–H and O–H groups in total. The molecule has 1 atom stereocenters. The van der Waals surface area contributed by atoms with Crippen LogP contribution in [-0.4, -0.2) is 35.3 Å². The Morgan fingerprint density at radius 1 is 1.75 bits per heavy atom. The van der Waals surface area contributed by atoms with E-state index < -0.39 is 0 Å². The van der Waals surface area contributed by atoms with Gasteiger partial charge in [-0.3, -0.25) is 9.63 Å². The van der Waals surface area contributed by atoms with Crippen LogP contribution in [0.3, 0.4) is 0 Å². The van der Waals surface area contributed by atoms with Gasteiger partial charge in [0.2, 0.25) is 5.91 Å². The van der Waals surface area contributed by atoms with Crippen LogP contribution in [0, 0.1) is 0 Å². The van der Waals surface area contributed by atoms with Crippen molar-refractivity contribution in [3.63, 3.8) is 0 Å². The van der Waals surface area contributed by atoms with Crippen molar-refractivity contribution < 1.29 is 14.7 Å². The predicted molar refractivity (Wildman–Crippen MR) is 43.2 cm³/mol. The molecule has 0 bridgehead atoms. The molecule has 1 rings (SSSR count). The maximum absolute atomic E-state index is 11.2. The number of nitrogens with zero attached hydrogens (tertiary/aromatic N) is 1. The van der Waals surface area contributed by atoms with Gasteiger partial charge in [0, 0.05) is 6.61 Å². The van der Waals surface area contributed by atoms with Crippen LogP contribution in [-0.2, 0) is 9.63 Å². The molecule has 70 valence electrons. The van der Waals surface area contributed by atoms with Crippen molar-refractivity contribution in [1.82, 2.24) is 5.06 Å². The summed E-state index contributed by atoms with van der Waals surface area (Å²) in [6.07, 6.45) is 1.99. The Balaban J connectivity index is 2.31. The lowest BCUT2D eigenvalue weighted by Crippen LogP contribution is -2.25. The van der Waals surface area contributed by atoms with Gasteiger partial charge in [-0.2, -0.15) is 0 Å². The predicted octanol–water partition coefficient (Wildman–Crippen LogP) is 0.311. The maximum Gasteiger partial charge on any atom is 0.248 e. The van der Waals surface area contributed by atoms with Gasteiger partial charge in [0.05, 0.1) is 19.1 Å². The lowest BCUT2D eigenvalue weighted by molar-refractivity contribution is -0.173. The third-order valence-electron chi connectivity index (χ3n) is 1.93.